The molecule has 2 heteroatoms. The van der Waals surface area contributed by atoms with E-state index in [9.17, 15) is 0 Å². The molecule has 0 aliphatic carbocycles. The first kappa shape index (κ1) is 12.0. The van der Waals surface area contributed by atoms with E-state index < -0.39 is 0 Å². The van der Waals surface area contributed by atoms with Gasteiger partial charge in [0.2, 0.25) is 0 Å². The molecule has 0 radical (unpaired) electrons. The molecule has 1 aromatic rings. The predicted molar refractivity (Wildman–Crippen MR) is 73.8 cm³/mol. The molecule has 0 amide bonds. The Hall–Kier alpha value is -1.44. The third-order valence-electron chi connectivity index (χ3n) is 3.36. The maximum Gasteiger partial charge on any atom is 0.105 e. The van der Waals surface area contributed by atoms with Crippen LogP contribution in [0.3, 0.4) is 0 Å². The molecule has 0 fully saturated rings. The van der Waals surface area contributed by atoms with E-state index in [1.807, 2.05) is 0 Å². The van der Waals surface area contributed by atoms with Gasteiger partial charge in [-0.2, -0.15) is 0 Å². The third-order valence-corrected chi connectivity index (χ3v) is 3.36. The Morgan fingerprint density at radius 3 is 2.47 bits per heavy atom. The van der Waals surface area contributed by atoms with E-state index in [1.54, 1.807) is 0 Å². The molecule has 0 spiro atoms. The fourth-order valence-electron chi connectivity index (χ4n) is 2.38. The van der Waals surface area contributed by atoms with Crippen LogP contribution in [0.15, 0.2) is 42.7 Å². The number of para-hydroxylation sites is 1. The average Bonchev–Trinajstić information content (AvgIpc) is 2.80. The third kappa shape index (κ3) is 2.63. The first-order chi connectivity index (χ1) is 8.36. The molecule has 17 heavy (non-hydrogen) atoms. The maximum atomic E-state index is 2.42. The van der Waals surface area contributed by atoms with Crippen LogP contribution in [0.4, 0.5) is 5.69 Å². The van der Waals surface area contributed by atoms with Crippen LogP contribution in [-0.2, 0) is 0 Å². The van der Waals surface area contributed by atoms with Gasteiger partial charge in [-0.1, -0.05) is 31.5 Å². The van der Waals surface area contributed by atoms with Crippen LogP contribution in [0.2, 0.25) is 0 Å². The lowest BCUT2D eigenvalue weighted by Gasteiger charge is -2.32. The molecule has 1 aliphatic heterocycles. The van der Waals surface area contributed by atoms with Crippen molar-refractivity contribution in [3.63, 3.8) is 0 Å². The molecule has 2 rings (SSSR count). The normalized spacial score (nSPS) is 19.1. The smallest absolute Gasteiger partial charge is 0.105 e. The lowest BCUT2D eigenvalue weighted by molar-refractivity contribution is 0.294. The van der Waals surface area contributed by atoms with Crippen molar-refractivity contribution in [3.05, 3.63) is 42.7 Å². The van der Waals surface area contributed by atoms with Gasteiger partial charge in [0.05, 0.1) is 0 Å². The van der Waals surface area contributed by atoms with E-state index >= 15 is 0 Å². The second-order valence-electron chi connectivity index (χ2n) is 4.49. The topological polar surface area (TPSA) is 6.48 Å². The molecule has 0 saturated heterocycles. The van der Waals surface area contributed by atoms with Gasteiger partial charge >= 0.3 is 0 Å². The fourth-order valence-corrected chi connectivity index (χ4v) is 2.38. The SMILES string of the molecule is CCCCC1N(CC)C=CN1c1ccccc1. The number of nitrogens with zero attached hydrogens (tertiary/aromatic N) is 2. The first-order valence-electron chi connectivity index (χ1n) is 6.64. The van der Waals surface area contributed by atoms with Crippen molar-refractivity contribution >= 4 is 5.69 Å². The molecule has 92 valence electrons. The lowest BCUT2D eigenvalue weighted by atomic mass is 10.2. The molecular weight excluding hydrogens is 208 g/mol. The summed E-state index contributed by atoms with van der Waals surface area (Å²) in [4.78, 5) is 4.81. The molecule has 0 N–H and O–H groups in total. The summed E-state index contributed by atoms with van der Waals surface area (Å²) in [5, 5.41) is 0. The summed E-state index contributed by atoms with van der Waals surface area (Å²) in [6.07, 6.45) is 8.70. The van der Waals surface area contributed by atoms with Crippen molar-refractivity contribution in [3.8, 4) is 0 Å². The van der Waals surface area contributed by atoms with Crippen LogP contribution in [0.25, 0.3) is 0 Å². The van der Waals surface area contributed by atoms with Crippen molar-refractivity contribution in [2.75, 3.05) is 11.4 Å². The minimum atomic E-state index is 0.502. The zero-order chi connectivity index (χ0) is 12.1. The Labute approximate surface area is 105 Å². The quantitative estimate of drug-likeness (QED) is 0.759. The van der Waals surface area contributed by atoms with Gasteiger partial charge in [-0.15, -0.1) is 0 Å². The Morgan fingerprint density at radius 1 is 1.06 bits per heavy atom. The van der Waals surface area contributed by atoms with Gasteiger partial charge in [0, 0.05) is 24.6 Å². The molecule has 1 unspecified atom stereocenters. The van der Waals surface area contributed by atoms with Crippen LogP contribution in [-0.4, -0.2) is 17.6 Å². The zero-order valence-electron chi connectivity index (χ0n) is 10.8. The van der Waals surface area contributed by atoms with E-state index in [1.165, 1.54) is 24.9 Å². The lowest BCUT2D eigenvalue weighted by Crippen LogP contribution is -2.38. The summed E-state index contributed by atoms with van der Waals surface area (Å²) in [6.45, 7) is 5.55. The Bertz CT molecular complexity index is 358. The molecule has 1 heterocycles. The van der Waals surface area contributed by atoms with Gasteiger partial charge in [0.15, 0.2) is 0 Å². The van der Waals surface area contributed by atoms with Gasteiger partial charge in [-0.3, -0.25) is 0 Å². The molecular formula is C15H22N2. The number of unbranched alkanes of at least 4 members (excludes halogenated alkanes) is 1. The van der Waals surface area contributed by atoms with Crippen LogP contribution >= 0.6 is 0 Å². The van der Waals surface area contributed by atoms with Crippen LogP contribution in [0.5, 0.6) is 0 Å². The maximum absolute atomic E-state index is 2.42. The highest BCUT2D eigenvalue weighted by Crippen LogP contribution is 2.26. The molecule has 1 atom stereocenters. The molecule has 2 nitrogen and oxygen atoms in total. The highest BCUT2D eigenvalue weighted by Gasteiger charge is 2.25. The second kappa shape index (κ2) is 5.76. The summed E-state index contributed by atoms with van der Waals surface area (Å²) in [5.74, 6) is 0. The largest absolute Gasteiger partial charge is 0.356 e. The monoisotopic (exact) mass is 230 g/mol. The molecule has 0 bridgehead atoms. The molecule has 0 aromatic heterocycles. The zero-order valence-corrected chi connectivity index (χ0v) is 10.8. The highest BCUT2D eigenvalue weighted by atomic mass is 15.4. The summed E-state index contributed by atoms with van der Waals surface area (Å²) in [7, 11) is 0. The predicted octanol–water partition coefficient (Wildman–Crippen LogP) is 3.82. The van der Waals surface area contributed by atoms with Crippen molar-refractivity contribution in [2.45, 2.75) is 39.3 Å². The van der Waals surface area contributed by atoms with E-state index in [0.717, 1.165) is 6.54 Å². The minimum Gasteiger partial charge on any atom is -0.356 e. The summed E-state index contributed by atoms with van der Waals surface area (Å²) in [5.41, 5.74) is 1.29. The van der Waals surface area contributed by atoms with Crippen molar-refractivity contribution < 1.29 is 0 Å². The van der Waals surface area contributed by atoms with E-state index in [-0.39, 0.29) is 0 Å². The molecule has 1 aliphatic rings. The van der Waals surface area contributed by atoms with Crippen molar-refractivity contribution in [1.82, 2.24) is 4.90 Å². The van der Waals surface area contributed by atoms with Crippen LogP contribution in [0, 0.1) is 0 Å². The van der Waals surface area contributed by atoms with Gasteiger partial charge in [0.25, 0.3) is 0 Å². The van der Waals surface area contributed by atoms with E-state index in [2.05, 4.69) is 66.4 Å². The number of anilines is 1. The number of rotatable bonds is 5. The molecule has 1 aromatic carbocycles. The second-order valence-corrected chi connectivity index (χ2v) is 4.49. The van der Waals surface area contributed by atoms with Gasteiger partial charge in [-0.25, -0.2) is 0 Å². The Kier molecular flexibility index (Phi) is 4.08. The van der Waals surface area contributed by atoms with E-state index in [4.69, 9.17) is 0 Å². The first-order valence-corrected chi connectivity index (χ1v) is 6.64. The van der Waals surface area contributed by atoms with Gasteiger partial charge in [-0.05, 0) is 31.9 Å². The standard InChI is InChI=1S/C15H22N2/c1-3-5-11-15-16(4-2)12-13-17(15)14-9-7-6-8-10-14/h6-10,12-13,15H,3-5,11H2,1-2H3. The number of hydrogen-bond donors (Lipinski definition) is 0. The minimum absolute atomic E-state index is 0.502. The van der Waals surface area contributed by atoms with Gasteiger partial charge in [0.1, 0.15) is 6.17 Å². The van der Waals surface area contributed by atoms with Crippen LogP contribution in [0.1, 0.15) is 33.1 Å². The Balaban J connectivity index is 2.13. The van der Waals surface area contributed by atoms with Crippen LogP contribution < -0.4 is 4.90 Å². The average molecular weight is 230 g/mol. The van der Waals surface area contributed by atoms with Crippen molar-refractivity contribution in [1.29, 1.82) is 0 Å². The summed E-state index contributed by atoms with van der Waals surface area (Å²) >= 11 is 0. The number of benzene rings is 1. The summed E-state index contributed by atoms with van der Waals surface area (Å²) < 4.78 is 0. The van der Waals surface area contributed by atoms with E-state index in [0.29, 0.717) is 6.17 Å². The Morgan fingerprint density at radius 2 is 1.82 bits per heavy atom. The molecule has 0 saturated carbocycles. The fraction of sp³-hybridized carbons (Fsp3) is 0.467. The summed E-state index contributed by atoms with van der Waals surface area (Å²) in [6, 6.07) is 10.6. The van der Waals surface area contributed by atoms with Crippen molar-refractivity contribution in [2.24, 2.45) is 0 Å². The number of hydrogen-bond acceptors (Lipinski definition) is 2. The van der Waals surface area contributed by atoms with Gasteiger partial charge < -0.3 is 9.80 Å². The highest BCUT2D eigenvalue weighted by molar-refractivity contribution is 5.51.